The first-order chi connectivity index (χ1) is 9.74. The Morgan fingerprint density at radius 2 is 1.95 bits per heavy atom. The lowest BCUT2D eigenvalue weighted by atomic mass is 10.1. The third kappa shape index (κ3) is 1.63. The Balaban J connectivity index is 1.84. The number of halogens is 1. The van der Waals surface area contributed by atoms with Crippen molar-refractivity contribution in [3.05, 3.63) is 51.4 Å². The van der Waals surface area contributed by atoms with Crippen LogP contribution in [0.4, 0.5) is 5.69 Å². The van der Waals surface area contributed by atoms with Crippen molar-refractivity contribution in [1.82, 2.24) is 10.2 Å². The van der Waals surface area contributed by atoms with Crippen LogP contribution in [0.1, 0.15) is 15.4 Å². The van der Waals surface area contributed by atoms with Gasteiger partial charge in [-0.2, -0.15) is 0 Å². The molecule has 4 rings (SSSR count). The van der Waals surface area contributed by atoms with Crippen LogP contribution in [0.5, 0.6) is 0 Å². The number of hydrogen-bond donors (Lipinski definition) is 0. The molecule has 1 aliphatic heterocycles. The number of rotatable bonds is 2. The number of carbonyl (C=O) groups excluding carboxylic acids is 1. The van der Waals surface area contributed by atoms with E-state index in [1.807, 2.05) is 36.4 Å². The topological polar surface area (TPSA) is 46.1 Å². The highest BCUT2D eigenvalue weighted by molar-refractivity contribution is 7.15. The quantitative estimate of drug-likeness (QED) is 0.727. The van der Waals surface area contributed by atoms with E-state index in [-0.39, 0.29) is 5.91 Å². The second-order valence-corrected chi connectivity index (χ2v) is 6.17. The van der Waals surface area contributed by atoms with E-state index in [9.17, 15) is 4.79 Å². The number of carbonyl (C=O) groups is 1. The normalized spacial score (nSPS) is 13.4. The van der Waals surface area contributed by atoms with Crippen LogP contribution in [0.2, 0.25) is 4.47 Å². The van der Waals surface area contributed by atoms with Crippen LogP contribution in [0.3, 0.4) is 0 Å². The number of anilines is 1. The average molecular weight is 302 g/mol. The molecule has 0 radical (unpaired) electrons. The van der Waals surface area contributed by atoms with Crippen molar-refractivity contribution in [2.75, 3.05) is 4.90 Å². The van der Waals surface area contributed by atoms with Gasteiger partial charge in [0.2, 0.25) is 4.47 Å². The molecular formula is C14H8ClN3OS. The van der Waals surface area contributed by atoms with E-state index in [4.69, 9.17) is 11.6 Å². The maximum Gasteiger partial charge on any atom is 0.259 e. The van der Waals surface area contributed by atoms with Gasteiger partial charge in [0.1, 0.15) is 5.01 Å². The lowest BCUT2D eigenvalue weighted by molar-refractivity contribution is 0.0991. The summed E-state index contributed by atoms with van der Waals surface area (Å²) in [5.41, 5.74) is 1.67. The fourth-order valence-corrected chi connectivity index (χ4v) is 3.42. The minimum absolute atomic E-state index is 0.00289. The lowest BCUT2D eigenvalue weighted by Gasteiger charge is -2.15. The first-order valence-corrected chi connectivity index (χ1v) is 7.25. The Bertz CT molecular complexity index is 840. The van der Waals surface area contributed by atoms with Crippen molar-refractivity contribution in [1.29, 1.82) is 0 Å². The minimum Gasteiger partial charge on any atom is -0.301 e. The molecule has 1 amide bonds. The Kier molecular flexibility index (Phi) is 2.52. The van der Waals surface area contributed by atoms with Crippen LogP contribution in [0.15, 0.2) is 36.4 Å². The fraction of sp³-hybridized carbons (Fsp3) is 0.0714. The zero-order chi connectivity index (χ0) is 13.7. The van der Waals surface area contributed by atoms with Crippen LogP contribution >= 0.6 is 22.9 Å². The molecule has 0 atom stereocenters. The summed E-state index contributed by atoms with van der Waals surface area (Å²) in [6, 6.07) is 11.7. The fourth-order valence-electron chi connectivity index (χ4n) is 2.57. The zero-order valence-corrected chi connectivity index (χ0v) is 11.8. The van der Waals surface area contributed by atoms with Gasteiger partial charge in [-0.1, -0.05) is 35.6 Å². The van der Waals surface area contributed by atoms with E-state index >= 15 is 0 Å². The van der Waals surface area contributed by atoms with Gasteiger partial charge < -0.3 is 4.90 Å². The average Bonchev–Trinajstić information content (AvgIpc) is 2.98. The summed E-state index contributed by atoms with van der Waals surface area (Å²) in [6.45, 7) is 0.400. The highest BCUT2D eigenvalue weighted by Crippen LogP contribution is 2.38. The van der Waals surface area contributed by atoms with E-state index < -0.39 is 0 Å². The molecule has 0 spiro atoms. The van der Waals surface area contributed by atoms with Gasteiger partial charge in [0.05, 0.1) is 12.2 Å². The molecule has 0 saturated carbocycles. The van der Waals surface area contributed by atoms with Gasteiger partial charge in [-0.05, 0) is 29.1 Å². The largest absolute Gasteiger partial charge is 0.301 e. The van der Waals surface area contributed by atoms with Gasteiger partial charge in [-0.3, -0.25) is 4.79 Å². The molecule has 0 N–H and O–H groups in total. The molecular weight excluding hydrogens is 294 g/mol. The Morgan fingerprint density at radius 3 is 2.70 bits per heavy atom. The number of aromatic nitrogens is 2. The molecule has 0 aliphatic carbocycles. The molecule has 6 heteroatoms. The minimum atomic E-state index is 0.00289. The number of nitrogens with zero attached hydrogens (tertiary/aromatic N) is 3. The van der Waals surface area contributed by atoms with E-state index in [1.165, 1.54) is 11.3 Å². The van der Waals surface area contributed by atoms with Crippen LogP contribution in [0.25, 0.3) is 10.8 Å². The predicted octanol–water partition coefficient (Wildman–Crippen LogP) is 3.51. The number of hydrogen-bond acceptors (Lipinski definition) is 4. The standard InChI is InChI=1S/C14H8ClN3OS/c15-14-17-16-11(20-14)7-18-10-6-2-4-8-3-1-5-9(12(8)10)13(18)19/h1-6H,7H2. The monoisotopic (exact) mass is 301 g/mol. The molecule has 3 aromatic rings. The van der Waals surface area contributed by atoms with Gasteiger partial charge in [-0.25, -0.2) is 0 Å². The molecule has 2 aromatic carbocycles. The smallest absolute Gasteiger partial charge is 0.259 e. The molecule has 1 aromatic heterocycles. The summed E-state index contributed by atoms with van der Waals surface area (Å²) in [7, 11) is 0. The molecule has 1 aliphatic rings. The molecule has 0 fully saturated rings. The van der Waals surface area contributed by atoms with Crippen LogP contribution in [-0.4, -0.2) is 16.1 Å². The first kappa shape index (κ1) is 11.8. The van der Waals surface area contributed by atoms with Crippen molar-refractivity contribution in [2.24, 2.45) is 0 Å². The Morgan fingerprint density at radius 1 is 1.15 bits per heavy atom. The Labute approximate surface area is 123 Å². The summed E-state index contributed by atoms with van der Waals surface area (Å²) in [6.07, 6.45) is 0. The second kappa shape index (κ2) is 4.26. The SMILES string of the molecule is O=C1c2cccc3cccc(c23)N1Cc1nnc(Cl)s1. The lowest BCUT2D eigenvalue weighted by Crippen LogP contribution is -2.25. The van der Waals surface area contributed by atoms with Gasteiger partial charge in [0.25, 0.3) is 5.91 Å². The van der Waals surface area contributed by atoms with Crippen molar-refractivity contribution in [2.45, 2.75) is 6.54 Å². The third-order valence-electron chi connectivity index (χ3n) is 3.38. The molecule has 20 heavy (non-hydrogen) atoms. The number of amides is 1. The van der Waals surface area contributed by atoms with Gasteiger partial charge in [0.15, 0.2) is 0 Å². The van der Waals surface area contributed by atoms with Crippen molar-refractivity contribution < 1.29 is 4.79 Å². The van der Waals surface area contributed by atoms with Crippen molar-refractivity contribution >= 4 is 45.3 Å². The Hall–Kier alpha value is -1.98. The van der Waals surface area contributed by atoms with Gasteiger partial charge in [-0.15, -0.1) is 10.2 Å². The second-order valence-electron chi connectivity index (χ2n) is 4.52. The number of benzene rings is 2. The van der Waals surface area contributed by atoms with E-state index in [1.54, 1.807) is 4.90 Å². The molecule has 0 saturated heterocycles. The zero-order valence-electron chi connectivity index (χ0n) is 10.2. The maximum absolute atomic E-state index is 12.5. The molecule has 98 valence electrons. The molecule has 0 unspecified atom stereocenters. The van der Waals surface area contributed by atoms with Gasteiger partial charge in [0, 0.05) is 10.9 Å². The molecule has 2 heterocycles. The molecule has 0 bridgehead atoms. The van der Waals surface area contributed by atoms with Crippen LogP contribution in [0, 0.1) is 0 Å². The van der Waals surface area contributed by atoms with Crippen molar-refractivity contribution in [3.63, 3.8) is 0 Å². The highest BCUT2D eigenvalue weighted by Gasteiger charge is 2.30. The van der Waals surface area contributed by atoms with E-state index in [0.717, 1.165) is 27.0 Å². The summed E-state index contributed by atoms with van der Waals surface area (Å²) < 4.78 is 0.391. The summed E-state index contributed by atoms with van der Waals surface area (Å²) >= 11 is 7.09. The van der Waals surface area contributed by atoms with Gasteiger partial charge >= 0.3 is 0 Å². The maximum atomic E-state index is 12.5. The summed E-state index contributed by atoms with van der Waals surface area (Å²) in [5.74, 6) is 0.00289. The highest BCUT2D eigenvalue weighted by atomic mass is 35.5. The van der Waals surface area contributed by atoms with E-state index in [2.05, 4.69) is 10.2 Å². The predicted molar refractivity (Wildman–Crippen MR) is 79.4 cm³/mol. The van der Waals surface area contributed by atoms with Crippen molar-refractivity contribution in [3.8, 4) is 0 Å². The van der Waals surface area contributed by atoms with Crippen LogP contribution in [-0.2, 0) is 6.54 Å². The van der Waals surface area contributed by atoms with Crippen LogP contribution < -0.4 is 4.90 Å². The summed E-state index contributed by atoms with van der Waals surface area (Å²) in [4.78, 5) is 14.3. The van der Waals surface area contributed by atoms with E-state index in [0.29, 0.717) is 11.0 Å². The summed E-state index contributed by atoms with van der Waals surface area (Å²) in [5, 5.41) is 10.6. The molecule has 4 nitrogen and oxygen atoms in total. The first-order valence-electron chi connectivity index (χ1n) is 6.05. The third-order valence-corrected chi connectivity index (χ3v) is 4.39.